The second-order valence-electron chi connectivity index (χ2n) is 3.38. The van der Waals surface area contributed by atoms with Crippen LogP contribution in [0.1, 0.15) is 27.2 Å². The molecule has 1 aliphatic heterocycles. The molecule has 0 spiro atoms. The topological polar surface area (TPSA) is 46.6 Å². The number of carbonyl (C=O) groups is 2. The zero-order chi connectivity index (χ0) is 12.1. The molecule has 5 heteroatoms. The summed E-state index contributed by atoms with van der Waals surface area (Å²) in [5.74, 6) is 0.759. The van der Waals surface area contributed by atoms with E-state index in [4.69, 9.17) is 4.74 Å². The minimum Gasteiger partial charge on any atom is -0.449 e. The van der Waals surface area contributed by atoms with E-state index in [-0.39, 0.29) is 11.2 Å². The molecule has 0 atom stereocenters. The van der Waals surface area contributed by atoms with Crippen LogP contribution >= 0.6 is 11.8 Å². The molecule has 0 N–H and O–H groups in total. The van der Waals surface area contributed by atoms with Gasteiger partial charge in [0.1, 0.15) is 0 Å². The van der Waals surface area contributed by atoms with Crippen LogP contribution in [0.5, 0.6) is 0 Å². The SMILES string of the molecule is CCOC(=O)N1CCC(C(=O)SCC)=C1C. The van der Waals surface area contributed by atoms with E-state index in [2.05, 4.69) is 0 Å². The van der Waals surface area contributed by atoms with Gasteiger partial charge >= 0.3 is 6.09 Å². The number of allylic oxidation sites excluding steroid dienone is 1. The highest BCUT2D eigenvalue weighted by molar-refractivity contribution is 8.14. The third-order valence-electron chi connectivity index (χ3n) is 2.44. The second-order valence-corrected chi connectivity index (χ2v) is 4.62. The maximum absolute atomic E-state index is 11.7. The Morgan fingerprint density at radius 2 is 2.12 bits per heavy atom. The molecular formula is C11H17NO3S. The number of nitrogens with zero attached hydrogens (tertiary/aromatic N) is 1. The first kappa shape index (κ1) is 13.1. The molecule has 0 aromatic heterocycles. The van der Waals surface area contributed by atoms with Crippen molar-refractivity contribution in [3.05, 3.63) is 11.3 Å². The number of thioether (sulfide) groups is 1. The summed E-state index contributed by atoms with van der Waals surface area (Å²) in [5.41, 5.74) is 1.49. The quantitative estimate of drug-likeness (QED) is 0.763. The number of carbonyl (C=O) groups excluding carboxylic acids is 2. The van der Waals surface area contributed by atoms with Gasteiger partial charge in [0.2, 0.25) is 5.12 Å². The van der Waals surface area contributed by atoms with E-state index in [1.165, 1.54) is 16.7 Å². The number of hydrogen-bond donors (Lipinski definition) is 0. The molecular weight excluding hydrogens is 226 g/mol. The van der Waals surface area contributed by atoms with E-state index in [1.54, 1.807) is 13.8 Å². The molecule has 0 fully saturated rings. The highest BCUT2D eigenvalue weighted by Gasteiger charge is 2.28. The van der Waals surface area contributed by atoms with Crippen molar-refractivity contribution in [3.8, 4) is 0 Å². The molecule has 0 aromatic rings. The van der Waals surface area contributed by atoms with E-state index in [9.17, 15) is 9.59 Å². The first-order valence-corrected chi connectivity index (χ1v) is 6.41. The van der Waals surface area contributed by atoms with E-state index in [0.717, 1.165) is 17.0 Å². The molecule has 1 amide bonds. The van der Waals surface area contributed by atoms with Crippen molar-refractivity contribution in [2.75, 3.05) is 18.9 Å². The zero-order valence-corrected chi connectivity index (χ0v) is 10.7. The van der Waals surface area contributed by atoms with Gasteiger partial charge in [0.25, 0.3) is 0 Å². The molecule has 0 bridgehead atoms. The van der Waals surface area contributed by atoms with Crippen LogP contribution in [0.15, 0.2) is 11.3 Å². The average molecular weight is 243 g/mol. The van der Waals surface area contributed by atoms with E-state index >= 15 is 0 Å². The predicted octanol–water partition coefficient (Wildman–Crippen LogP) is 2.40. The second kappa shape index (κ2) is 5.94. The molecule has 0 aliphatic carbocycles. The van der Waals surface area contributed by atoms with Crippen molar-refractivity contribution in [1.29, 1.82) is 0 Å². The fourth-order valence-corrected chi connectivity index (χ4v) is 2.32. The summed E-state index contributed by atoms with van der Waals surface area (Å²) in [7, 11) is 0. The monoisotopic (exact) mass is 243 g/mol. The van der Waals surface area contributed by atoms with Gasteiger partial charge in [0, 0.05) is 17.8 Å². The Balaban J connectivity index is 2.74. The summed E-state index contributed by atoms with van der Waals surface area (Å²) in [6.45, 7) is 6.42. The van der Waals surface area contributed by atoms with Gasteiger partial charge in [-0.1, -0.05) is 18.7 Å². The third kappa shape index (κ3) is 2.78. The van der Waals surface area contributed by atoms with Crippen molar-refractivity contribution in [3.63, 3.8) is 0 Å². The van der Waals surface area contributed by atoms with Crippen molar-refractivity contribution in [2.45, 2.75) is 27.2 Å². The lowest BCUT2D eigenvalue weighted by atomic mass is 10.2. The molecule has 1 heterocycles. The van der Waals surface area contributed by atoms with Gasteiger partial charge in [-0.05, 0) is 26.0 Å². The predicted molar refractivity (Wildman–Crippen MR) is 64.2 cm³/mol. The van der Waals surface area contributed by atoms with Crippen LogP contribution in [0.4, 0.5) is 4.79 Å². The molecule has 4 nitrogen and oxygen atoms in total. The normalized spacial score (nSPS) is 15.6. The van der Waals surface area contributed by atoms with Gasteiger partial charge < -0.3 is 4.74 Å². The van der Waals surface area contributed by atoms with Crippen molar-refractivity contribution >= 4 is 23.0 Å². The molecule has 1 rings (SSSR count). The number of ether oxygens (including phenoxy) is 1. The highest BCUT2D eigenvalue weighted by Crippen LogP contribution is 2.27. The Labute approximate surface area is 100 Å². The fraction of sp³-hybridized carbons (Fsp3) is 0.636. The smallest absolute Gasteiger partial charge is 0.414 e. The van der Waals surface area contributed by atoms with Crippen LogP contribution in [0.25, 0.3) is 0 Å². The summed E-state index contributed by atoms with van der Waals surface area (Å²) in [6, 6.07) is 0. The van der Waals surface area contributed by atoms with E-state index < -0.39 is 0 Å². The first-order chi connectivity index (χ1) is 7.61. The maximum atomic E-state index is 11.7. The highest BCUT2D eigenvalue weighted by atomic mass is 32.2. The fourth-order valence-electron chi connectivity index (χ4n) is 1.63. The molecule has 90 valence electrons. The lowest BCUT2D eigenvalue weighted by Gasteiger charge is -2.16. The summed E-state index contributed by atoms with van der Waals surface area (Å²) in [6.07, 6.45) is 0.278. The molecule has 0 saturated heterocycles. The standard InChI is InChI=1S/C11H17NO3S/c1-4-15-11(14)12-7-6-9(8(12)3)10(13)16-5-2/h4-7H2,1-3H3. The summed E-state index contributed by atoms with van der Waals surface area (Å²) in [5, 5.41) is 0.0757. The van der Waals surface area contributed by atoms with Crippen LogP contribution in [0.3, 0.4) is 0 Å². The van der Waals surface area contributed by atoms with Crippen molar-refractivity contribution < 1.29 is 14.3 Å². The summed E-state index contributed by atoms with van der Waals surface area (Å²) < 4.78 is 4.92. The van der Waals surface area contributed by atoms with Gasteiger partial charge in [-0.3, -0.25) is 9.69 Å². The van der Waals surface area contributed by atoms with Crippen molar-refractivity contribution in [2.24, 2.45) is 0 Å². The zero-order valence-electron chi connectivity index (χ0n) is 9.91. The molecule has 0 unspecified atom stereocenters. The maximum Gasteiger partial charge on any atom is 0.414 e. The molecule has 1 aliphatic rings. The number of rotatable bonds is 3. The number of amides is 1. The van der Waals surface area contributed by atoms with E-state index in [0.29, 0.717) is 19.6 Å². The Morgan fingerprint density at radius 3 is 2.69 bits per heavy atom. The van der Waals surface area contributed by atoms with Crippen LogP contribution in [0, 0.1) is 0 Å². The van der Waals surface area contributed by atoms with Gasteiger partial charge in [-0.15, -0.1) is 0 Å². The lowest BCUT2D eigenvalue weighted by Crippen LogP contribution is -2.27. The molecule has 0 aromatic carbocycles. The first-order valence-electron chi connectivity index (χ1n) is 5.43. The minimum absolute atomic E-state index is 0.0757. The molecule has 0 radical (unpaired) electrons. The van der Waals surface area contributed by atoms with Gasteiger partial charge in [-0.25, -0.2) is 4.79 Å². The third-order valence-corrected chi connectivity index (χ3v) is 3.23. The summed E-state index contributed by atoms with van der Waals surface area (Å²) in [4.78, 5) is 24.8. The van der Waals surface area contributed by atoms with Gasteiger partial charge in [-0.2, -0.15) is 0 Å². The molecule has 0 saturated carbocycles. The van der Waals surface area contributed by atoms with Crippen LogP contribution in [0.2, 0.25) is 0 Å². The minimum atomic E-state index is -0.357. The Kier molecular flexibility index (Phi) is 4.86. The van der Waals surface area contributed by atoms with Crippen LogP contribution < -0.4 is 0 Å². The average Bonchev–Trinajstić information content (AvgIpc) is 2.61. The molecule has 16 heavy (non-hydrogen) atoms. The number of hydrogen-bond acceptors (Lipinski definition) is 4. The Morgan fingerprint density at radius 1 is 1.44 bits per heavy atom. The largest absolute Gasteiger partial charge is 0.449 e. The van der Waals surface area contributed by atoms with Gasteiger partial charge in [0.15, 0.2) is 0 Å². The van der Waals surface area contributed by atoms with Gasteiger partial charge in [0.05, 0.1) is 6.61 Å². The Bertz CT molecular complexity index is 325. The summed E-state index contributed by atoms with van der Waals surface area (Å²) >= 11 is 1.28. The van der Waals surface area contributed by atoms with E-state index in [1.807, 2.05) is 6.92 Å². The van der Waals surface area contributed by atoms with Crippen LogP contribution in [-0.4, -0.2) is 35.0 Å². The van der Waals surface area contributed by atoms with Crippen molar-refractivity contribution in [1.82, 2.24) is 4.90 Å². The lowest BCUT2D eigenvalue weighted by molar-refractivity contribution is -0.108. The van der Waals surface area contributed by atoms with Crippen LogP contribution in [-0.2, 0) is 9.53 Å². The Hall–Kier alpha value is -0.970.